The topological polar surface area (TPSA) is 32.3 Å². The number of alkyl halides is 3. The molecule has 0 aliphatic rings. The van der Waals surface area contributed by atoms with E-state index in [-0.39, 0.29) is 11.6 Å². The summed E-state index contributed by atoms with van der Waals surface area (Å²) in [6.45, 7) is 1.79. The van der Waals surface area contributed by atoms with Crippen molar-refractivity contribution in [2.75, 3.05) is 11.9 Å². The zero-order valence-electron chi connectivity index (χ0n) is 8.48. The van der Waals surface area contributed by atoms with Gasteiger partial charge in [0.25, 0.3) is 0 Å². The molecule has 0 saturated heterocycles. The van der Waals surface area contributed by atoms with Gasteiger partial charge in [0.1, 0.15) is 0 Å². The van der Waals surface area contributed by atoms with E-state index >= 15 is 0 Å². The minimum Gasteiger partial charge on any atom is -0.392 e. The summed E-state index contributed by atoms with van der Waals surface area (Å²) in [6, 6.07) is 3.04. The highest BCUT2D eigenvalue weighted by Gasteiger charge is 2.30. The van der Waals surface area contributed by atoms with Crippen LogP contribution in [0, 0.1) is 0 Å². The fourth-order valence-electron chi connectivity index (χ4n) is 1.09. The standard InChI is InChI=1S/C10H11ClF3NO/c1-6(16)5-15-9-3-2-7(4-8(9)11)10(12,13)14/h2-4,6,15-16H,5H2,1H3. The Balaban J connectivity index is 2.84. The number of aliphatic hydroxyl groups excluding tert-OH is 1. The molecule has 0 bridgehead atoms. The van der Waals surface area contributed by atoms with Gasteiger partial charge in [-0.3, -0.25) is 0 Å². The number of benzene rings is 1. The molecule has 90 valence electrons. The third-order valence-corrected chi connectivity index (χ3v) is 2.20. The Hall–Kier alpha value is -0.940. The summed E-state index contributed by atoms with van der Waals surface area (Å²) < 4.78 is 36.9. The summed E-state index contributed by atoms with van der Waals surface area (Å²) >= 11 is 5.67. The summed E-state index contributed by atoms with van der Waals surface area (Å²) in [7, 11) is 0. The van der Waals surface area contributed by atoms with E-state index in [0.717, 1.165) is 12.1 Å². The van der Waals surface area contributed by atoms with Gasteiger partial charge in [0, 0.05) is 6.54 Å². The smallest absolute Gasteiger partial charge is 0.392 e. The van der Waals surface area contributed by atoms with Crippen molar-refractivity contribution in [2.45, 2.75) is 19.2 Å². The van der Waals surface area contributed by atoms with Crippen LogP contribution in [-0.2, 0) is 6.18 Å². The molecule has 0 aromatic heterocycles. The number of anilines is 1. The molecule has 1 unspecified atom stereocenters. The predicted octanol–water partition coefficient (Wildman–Crippen LogP) is 3.15. The summed E-state index contributed by atoms with van der Waals surface area (Å²) in [4.78, 5) is 0. The molecule has 0 saturated carbocycles. The molecule has 1 aromatic carbocycles. The van der Waals surface area contributed by atoms with Crippen LogP contribution in [0.3, 0.4) is 0 Å². The van der Waals surface area contributed by atoms with Gasteiger partial charge in [-0.05, 0) is 25.1 Å². The second kappa shape index (κ2) is 4.93. The van der Waals surface area contributed by atoms with E-state index in [4.69, 9.17) is 16.7 Å². The highest BCUT2D eigenvalue weighted by atomic mass is 35.5. The van der Waals surface area contributed by atoms with Gasteiger partial charge < -0.3 is 10.4 Å². The number of hydrogen-bond donors (Lipinski definition) is 2. The molecule has 1 rings (SSSR count). The molecule has 0 aliphatic carbocycles. The van der Waals surface area contributed by atoms with Crippen LogP contribution in [0.2, 0.25) is 5.02 Å². The van der Waals surface area contributed by atoms with Crippen LogP contribution in [0.1, 0.15) is 12.5 Å². The Morgan fingerprint density at radius 3 is 2.50 bits per heavy atom. The maximum atomic E-state index is 12.3. The SMILES string of the molecule is CC(O)CNc1ccc(C(F)(F)F)cc1Cl. The van der Waals surface area contributed by atoms with Crippen molar-refractivity contribution >= 4 is 17.3 Å². The molecule has 0 amide bonds. The van der Waals surface area contributed by atoms with Gasteiger partial charge >= 0.3 is 6.18 Å². The number of halogens is 4. The lowest BCUT2D eigenvalue weighted by Crippen LogP contribution is -2.15. The first-order valence-corrected chi connectivity index (χ1v) is 4.97. The molecule has 2 N–H and O–H groups in total. The van der Waals surface area contributed by atoms with Crippen LogP contribution >= 0.6 is 11.6 Å². The van der Waals surface area contributed by atoms with Crippen LogP contribution in [0.4, 0.5) is 18.9 Å². The average Bonchev–Trinajstić information content (AvgIpc) is 2.14. The first-order valence-electron chi connectivity index (χ1n) is 4.59. The monoisotopic (exact) mass is 253 g/mol. The highest BCUT2D eigenvalue weighted by Crippen LogP contribution is 2.33. The van der Waals surface area contributed by atoms with Crippen molar-refractivity contribution in [1.29, 1.82) is 0 Å². The van der Waals surface area contributed by atoms with E-state index in [9.17, 15) is 13.2 Å². The lowest BCUT2D eigenvalue weighted by atomic mass is 10.2. The van der Waals surface area contributed by atoms with E-state index in [1.807, 2.05) is 0 Å². The van der Waals surface area contributed by atoms with E-state index in [1.54, 1.807) is 6.92 Å². The molecule has 0 radical (unpaired) electrons. The number of hydrogen-bond acceptors (Lipinski definition) is 2. The Morgan fingerprint density at radius 2 is 2.06 bits per heavy atom. The molecule has 0 fully saturated rings. The van der Waals surface area contributed by atoms with Gasteiger partial charge in [-0.2, -0.15) is 13.2 Å². The first kappa shape index (κ1) is 13.1. The molecule has 0 spiro atoms. The maximum Gasteiger partial charge on any atom is 0.416 e. The maximum absolute atomic E-state index is 12.3. The summed E-state index contributed by atoms with van der Waals surface area (Å²) in [5.41, 5.74) is -0.421. The van der Waals surface area contributed by atoms with E-state index in [2.05, 4.69) is 5.32 Å². The zero-order valence-corrected chi connectivity index (χ0v) is 9.23. The quantitative estimate of drug-likeness (QED) is 0.867. The Bertz CT molecular complexity index is 366. The third kappa shape index (κ3) is 3.57. The minimum absolute atomic E-state index is 0.0181. The van der Waals surface area contributed by atoms with Crippen LogP contribution in [-0.4, -0.2) is 17.8 Å². The average molecular weight is 254 g/mol. The van der Waals surface area contributed by atoms with Crippen LogP contribution in [0.25, 0.3) is 0 Å². The molecule has 1 atom stereocenters. The van der Waals surface area contributed by atoms with Gasteiger partial charge in [0.05, 0.1) is 22.4 Å². The lowest BCUT2D eigenvalue weighted by Gasteiger charge is -2.12. The molecule has 6 heteroatoms. The Morgan fingerprint density at radius 1 is 1.44 bits per heavy atom. The summed E-state index contributed by atoms with van der Waals surface area (Å²) in [5, 5.41) is 11.7. The number of aliphatic hydroxyl groups is 1. The molecular weight excluding hydrogens is 243 g/mol. The number of rotatable bonds is 3. The summed E-state index contributed by atoms with van der Waals surface area (Å²) in [5.74, 6) is 0. The Labute approximate surface area is 96.0 Å². The largest absolute Gasteiger partial charge is 0.416 e. The van der Waals surface area contributed by atoms with Crippen LogP contribution in [0.5, 0.6) is 0 Å². The molecular formula is C10H11ClF3NO. The van der Waals surface area contributed by atoms with Gasteiger partial charge in [-0.25, -0.2) is 0 Å². The van der Waals surface area contributed by atoms with Gasteiger partial charge in [0.15, 0.2) is 0 Å². The van der Waals surface area contributed by atoms with Crippen molar-refractivity contribution in [3.05, 3.63) is 28.8 Å². The van der Waals surface area contributed by atoms with E-state index in [0.29, 0.717) is 5.69 Å². The second-order valence-corrected chi connectivity index (χ2v) is 3.83. The van der Waals surface area contributed by atoms with Crippen molar-refractivity contribution in [3.8, 4) is 0 Å². The van der Waals surface area contributed by atoms with Gasteiger partial charge in [-0.1, -0.05) is 11.6 Å². The van der Waals surface area contributed by atoms with E-state index < -0.39 is 17.8 Å². The van der Waals surface area contributed by atoms with Crippen molar-refractivity contribution in [1.82, 2.24) is 0 Å². The van der Waals surface area contributed by atoms with E-state index in [1.165, 1.54) is 6.07 Å². The molecule has 0 heterocycles. The molecule has 1 aromatic rings. The lowest BCUT2D eigenvalue weighted by molar-refractivity contribution is -0.137. The normalized spacial score (nSPS) is 13.6. The van der Waals surface area contributed by atoms with Crippen molar-refractivity contribution < 1.29 is 18.3 Å². The zero-order chi connectivity index (χ0) is 12.3. The minimum atomic E-state index is -4.40. The van der Waals surface area contributed by atoms with Gasteiger partial charge in [-0.15, -0.1) is 0 Å². The van der Waals surface area contributed by atoms with Gasteiger partial charge in [0.2, 0.25) is 0 Å². The van der Waals surface area contributed by atoms with Crippen molar-refractivity contribution in [3.63, 3.8) is 0 Å². The predicted molar refractivity (Wildman–Crippen MR) is 56.6 cm³/mol. The fourth-order valence-corrected chi connectivity index (χ4v) is 1.34. The second-order valence-electron chi connectivity index (χ2n) is 3.42. The molecule has 2 nitrogen and oxygen atoms in total. The number of nitrogens with one attached hydrogen (secondary N) is 1. The van der Waals surface area contributed by atoms with Crippen molar-refractivity contribution in [2.24, 2.45) is 0 Å². The summed E-state index contributed by atoms with van der Waals surface area (Å²) in [6.07, 6.45) is -5.00. The fraction of sp³-hybridized carbons (Fsp3) is 0.400. The highest BCUT2D eigenvalue weighted by molar-refractivity contribution is 6.33. The third-order valence-electron chi connectivity index (χ3n) is 1.88. The molecule has 0 aliphatic heterocycles. The first-order chi connectivity index (χ1) is 7.30. The van der Waals surface area contributed by atoms with Crippen LogP contribution < -0.4 is 5.32 Å². The molecule has 16 heavy (non-hydrogen) atoms. The van der Waals surface area contributed by atoms with Crippen LogP contribution in [0.15, 0.2) is 18.2 Å². The Kier molecular flexibility index (Phi) is 4.04.